The molecular formula is C9H11ClO2S2. The molecule has 0 aliphatic rings. The predicted molar refractivity (Wildman–Crippen MR) is 61.5 cm³/mol. The van der Waals surface area contributed by atoms with Crippen LogP contribution >= 0.6 is 34.7 Å². The van der Waals surface area contributed by atoms with Gasteiger partial charge in [0.1, 0.15) is 0 Å². The molecule has 0 unspecified atom stereocenters. The van der Waals surface area contributed by atoms with Gasteiger partial charge in [-0.2, -0.15) is 0 Å². The zero-order chi connectivity index (χ0) is 10.8. The third-order valence-electron chi connectivity index (χ3n) is 1.70. The molecule has 0 radical (unpaired) electrons. The highest BCUT2D eigenvalue weighted by molar-refractivity contribution is 8.01. The van der Waals surface area contributed by atoms with Gasteiger partial charge >= 0.3 is 5.97 Å². The van der Waals surface area contributed by atoms with Crippen LogP contribution in [0.15, 0.2) is 16.3 Å². The minimum Gasteiger partial charge on any atom is -0.481 e. The minimum atomic E-state index is -0.771. The summed E-state index contributed by atoms with van der Waals surface area (Å²) >= 11 is 8.77. The number of carboxylic acids is 1. The summed E-state index contributed by atoms with van der Waals surface area (Å²) < 4.78 is 1.80. The molecular weight excluding hydrogens is 240 g/mol. The fourth-order valence-electron chi connectivity index (χ4n) is 0.689. The number of rotatable bonds is 4. The first-order valence-corrected chi connectivity index (χ1v) is 6.21. The molecule has 1 aromatic heterocycles. The third-order valence-corrected chi connectivity index (χ3v) is 4.62. The van der Waals surface area contributed by atoms with Crippen molar-refractivity contribution >= 4 is 40.7 Å². The van der Waals surface area contributed by atoms with Crippen molar-refractivity contribution in [3.8, 4) is 0 Å². The molecule has 1 rings (SSSR count). The first-order valence-electron chi connectivity index (χ1n) is 4.03. The number of aliphatic carboxylic acids is 1. The Morgan fingerprint density at radius 3 is 2.71 bits per heavy atom. The molecule has 0 aliphatic carbocycles. The smallest absolute Gasteiger partial charge is 0.309 e. The molecule has 0 spiro atoms. The highest BCUT2D eigenvalue weighted by Crippen LogP contribution is 2.34. The lowest BCUT2D eigenvalue weighted by atomic mass is 9.97. The summed E-state index contributed by atoms with van der Waals surface area (Å²) in [6.45, 7) is 3.44. The maximum Gasteiger partial charge on any atom is 0.309 e. The maximum absolute atomic E-state index is 10.8. The first-order chi connectivity index (χ1) is 6.42. The van der Waals surface area contributed by atoms with Gasteiger partial charge in [0.25, 0.3) is 0 Å². The van der Waals surface area contributed by atoms with E-state index >= 15 is 0 Å². The van der Waals surface area contributed by atoms with E-state index in [4.69, 9.17) is 16.7 Å². The van der Waals surface area contributed by atoms with E-state index < -0.39 is 11.4 Å². The summed E-state index contributed by atoms with van der Waals surface area (Å²) in [5, 5.41) is 8.89. The van der Waals surface area contributed by atoms with E-state index in [0.29, 0.717) is 5.75 Å². The lowest BCUT2D eigenvalue weighted by Crippen LogP contribution is -2.26. The summed E-state index contributed by atoms with van der Waals surface area (Å²) in [5.74, 6) is -0.216. The standard InChI is InChI=1S/C9H11ClO2S2/c1-9(2,8(11)12)5-13-7-4-3-6(10)14-7/h3-4H,5H2,1-2H3,(H,11,12). The Balaban J connectivity index is 2.52. The second-order valence-electron chi connectivity index (χ2n) is 3.54. The van der Waals surface area contributed by atoms with Crippen LogP contribution in [0.25, 0.3) is 0 Å². The van der Waals surface area contributed by atoms with Crippen molar-refractivity contribution in [2.24, 2.45) is 5.41 Å². The van der Waals surface area contributed by atoms with Crippen LogP contribution in [-0.4, -0.2) is 16.8 Å². The molecule has 0 atom stereocenters. The Hall–Kier alpha value is -0.190. The van der Waals surface area contributed by atoms with Crippen molar-refractivity contribution in [1.29, 1.82) is 0 Å². The van der Waals surface area contributed by atoms with Crippen LogP contribution in [0.4, 0.5) is 0 Å². The van der Waals surface area contributed by atoms with Crippen LogP contribution in [0.5, 0.6) is 0 Å². The molecule has 0 aromatic carbocycles. The molecule has 0 fully saturated rings. The zero-order valence-electron chi connectivity index (χ0n) is 7.91. The van der Waals surface area contributed by atoms with Gasteiger partial charge in [0.15, 0.2) is 0 Å². The Labute approximate surface area is 96.3 Å². The maximum atomic E-state index is 10.8. The fraction of sp³-hybridized carbons (Fsp3) is 0.444. The topological polar surface area (TPSA) is 37.3 Å². The number of hydrogen-bond donors (Lipinski definition) is 1. The number of carbonyl (C=O) groups is 1. The number of hydrogen-bond acceptors (Lipinski definition) is 3. The molecule has 5 heteroatoms. The van der Waals surface area contributed by atoms with Crippen LogP contribution in [0.1, 0.15) is 13.8 Å². The van der Waals surface area contributed by atoms with E-state index in [0.717, 1.165) is 8.55 Å². The van der Waals surface area contributed by atoms with Crippen molar-refractivity contribution in [2.45, 2.75) is 18.1 Å². The number of thioether (sulfide) groups is 1. The van der Waals surface area contributed by atoms with Crippen LogP contribution in [0.3, 0.4) is 0 Å². The van der Waals surface area contributed by atoms with Crippen LogP contribution in [-0.2, 0) is 4.79 Å². The molecule has 78 valence electrons. The van der Waals surface area contributed by atoms with Crippen LogP contribution < -0.4 is 0 Å². The van der Waals surface area contributed by atoms with Gasteiger partial charge in [-0.05, 0) is 26.0 Å². The molecule has 2 nitrogen and oxygen atoms in total. The molecule has 0 saturated carbocycles. The highest BCUT2D eigenvalue weighted by atomic mass is 35.5. The Kier molecular flexibility index (Phi) is 3.86. The summed E-state index contributed by atoms with van der Waals surface area (Å²) in [5.41, 5.74) is -0.693. The number of carboxylic acid groups (broad SMARTS) is 1. The normalized spacial score (nSPS) is 11.6. The Bertz CT molecular complexity index is 333. The van der Waals surface area contributed by atoms with Crippen molar-refractivity contribution in [3.05, 3.63) is 16.5 Å². The van der Waals surface area contributed by atoms with E-state index in [1.807, 2.05) is 12.1 Å². The molecule has 0 amide bonds. The summed E-state index contributed by atoms with van der Waals surface area (Å²) in [6, 6.07) is 3.73. The van der Waals surface area contributed by atoms with Gasteiger partial charge in [0.2, 0.25) is 0 Å². The predicted octanol–water partition coefficient (Wildman–Crippen LogP) is 3.60. The average Bonchev–Trinajstić information content (AvgIpc) is 2.48. The molecule has 1 N–H and O–H groups in total. The third kappa shape index (κ3) is 3.19. The number of thiophene rings is 1. The van der Waals surface area contributed by atoms with E-state index in [-0.39, 0.29) is 0 Å². The Morgan fingerprint density at radius 2 is 2.29 bits per heavy atom. The second kappa shape index (κ2) is 4.55. The van der Waals surface area contributed by atoms with Gasteiger partial charge in [-0.1, -0.05) is 11.6 Å². The molecule has 14 heavy (non-hydrogen) atoms. The summed E-state index contributed by atoms with van der Waals surface area (Å²) in [4.78, 5) is 10.8. The monoisotopic (exact) mass is 250 g/mol. The largest absolute Gasteiger partial charge is 0.481 e. The van der Waals surface area contributed by atoms with Crippen molar-refractivity contribution in [1.82, 2.24) is 0 Å². The van der Waals surface area contributed by atoms with E-state index in [1.54, 1.807) is 13.8 Å². The first kappa shape index (κ1) is 11.9. The summed E-state index contributed by atoms with van der Waals surface area (Å²) in [7, 11) is 0. The van der Waals surface area contributed by atoms with Gasteiger partial charge < -0.3 is 5.11 Å². The van der Waals surface area contributed by atoms with Crippen molar-refractivity contribution < 1.29 is 9.90 Å². The molecule has 1 heterocycles. The van der Waals surface area contributed by atoms with E-state index in [9.17, 15) is 4.79 Å². The molecule has 0 aliphatic heterocycles. The van der Waals surface area contributed by atoms with Gasteiger partial charge in [0.05, 0.1) is 14.0 Å². The highest BCUT2D eigenvalue weighted by Gasteiger charge is 2.27. The van der Waals surface area contributed by atoms with Crippen LogP contribution in [0, 0.1) is 5.41 Å². The molecule has 1 aromatic rings. The van der Waals surface area contributed by atoms with Crippen LogP contribution in [0.2, 0.25) is 4.34 Å². The second-order valence-corrected chi connectivity index (χ2v) is 6.53. The molecule has 0 saturated heterocycles. The lowest BCUT2D eigenvalue weighted by molar-refractivity contribution is -0.145. The Morgan fingerprint density at radius 1 is 1.64 bits per heavy atom. The fourth-order valence-corrected chi connectivity index (χ4v) is 3.08. The number of halogens is 1. The van der Waals surface area contributed by atoms with Gasteiger partial charge in [0, 0.05) is 5.75 Å². The van der Waals surface area contributed by atoms with Gasteiger partial charge in [-0.15, -0.1) is 23.1 Å². The van der Waals surface area contributed by atoms with Crippen molar-refractivity contribution in [2.75, 3.05) is 5.75 Å². The van der Waals surface area contributed by atoms with Gasteiger partial charge in [-0.25, -0.2) is 0 Å². The van der Waals surface area contributed by atoms with Crippen molar-refractivity contribution in [3.63, 3.8) is 0 Å². The zero-order valence-corrected chi connectivity index (χ0v) is 10.3. The SMILES string of the molecule is CC(C)(CSc1ccc(Cl)s1)C(=O)O. The van der Waals surface area contributed by atoms with E-state index in [1.165, 1.54) is 23.1 Å². The molecule has 0 bridgehead atoms. The lowest BCUT2D eigenvalue weighted by Gasteiger charge is -2.17. The quantitative estimate of drug-likeness (QED) is 0.830. The average molecular weight is 251 g/mol. The summed E-state index contributed by atoms with van der Waals surface area (Å²) in [6.07, 6.45) is 0. The van der Waals surface area contributed by atoms with Gasteiger partial charge in [-0.3, -0.25) is 4.79 Å². The van der Waals surface area contributed by atoms with E-state index in [2.05, 4.69) is 0 Å². The minimum absolute atomic E-state index is 0.555.